The predicted octanol–water partition coefficient (Wildman–Crippen LogP) is 0.816. The van der Waals surface area contributed by atoms with Gasteiger partial charge in [0.2, 0.25) is 5.91 Å². The zero-order chi connectivity index (χ0) is 17.3. The number of hydrogen-bond acceptors (Lipinski definition) is 4. The standard InChI is InChI=1S/C16H18N2O5/c1-8(2)13(16(22)23)17-12(19)7-18-14(20)10-5-4-9(3)6-11(10)15(18)21/h4-6,8,13H,7H2,1-3H3,(H,17,19)(H,22,23)/t13-/m1/s1. The summed E-state index contributed by atoms with van der Waals surface area (Å²) in [6, 6.07) is 3.80. The van der Waals surface area contributed by atoms with Gasteiger partial charge in [-0.1, -0.05) is 25.5 Å². The predicted molar refractivity (Wildman–Crippen MR) is 81.0 cm³/mol. The van der Waals surface area contributed by atoms with Crippen LogP contribution < -0.4 is 5.32 Å². The topological polar surface area (TPSA) is 104 Å². The van der Waals surface area contributed by atoms with Gasteiger partial charge in [-0.3, -0.25) is 19.3 Å². The smallest absolute Gasteiger partial charge is 0.326 e. The maximum atomic E-state index is 12.3. The summed E-state index contributed by atoms with van der Waals surface area (Å²) in [5.41, 5.74) is 1.36. The number of nitrogens with zero attached hydrogens (tertiary/aromatic N) is 1. The molecule has 1 aliphatic heterocycles. The number of carboxylic acids is 1. The van der Waals surface area contributed by atoms with Crippen LogP contribution in [0.5, 0.6) is 0 Å². The molecule has 0 fully saturated rings. The number of amides is 3. The average Bonchev–Trinajstić information content (AvgIpc) is 2.69. The molecule has 0 unspecified atom stereocenters. The van der Waals surface area contributed by atoms with Gasteiger partial charge >= 0.3 is 5.97 Å². The van der Waals surface area contributed by atoms with Crippen molar-refractivity contribution in [2.24, 2.45) is 5.92 Å². The fraction of sp³-hybridized carbons (Fsp3) is 0.375. The van der Waals surface area contributed by atoms with E-state index in [0.717, 1.165) is 10.5 Å². The molecule has 0 saturated carbocycles. The quantitative estimate of drug-likeness (QED) is 0.782. The van der Waals surface area contributed by atoms with Crippen molar-refractivity contribution in [1.29, 1.82) is 0 Å². The largest absolute Gasteiger partial charge is 0.480 e. The Morgan fingerprint density at radius 3 is 2.35 bits per heavy atom. The summed E-state index contributed by atoms with van der Waals surface area (Å²) in [5, 5.41) is 11.4. The Balaban J connectivity index is 2.13. The van der Waals surface area contributed by atoms with E-state index in [1.54, 1.807) is 39.0 Å². The van der Waals surface area contributed by atoms with Gasteiger partial charge in [0, 0.05) is 0 Å². The monoisotopic (exact) mass is 318 g/mol. The van der Waals surface area contributed by atoms with Crippen molar-refractivity contribution >= 4 is 23.7 Å². The maximum absolute atomic E-state index is 12.3. The third-order valence-corrected chi connectivity index (χ3v) is 3.68. The fourth-order valence-corrected chi connectivity index (χ4v) is 2.42. The van der Waals surface area contributed by atoms with Crippen molar-refractivity contribution < 1.29 is 24.3 Å². The molecule has 0 aliphatic carbocycles. The number of benzene rings is 1. The van der Waals surface area contributed by atoms with E-state index in [-0.39, 0.29) is 17.0 Å². The molecule has 1 aromatic carbocycles. The molecule has 7 nitrogen and oxygen atoms in total. The van der Waals surface area contributed by atoms with Gasteiger partial charge in [0.1, 0.15) is 12.6 Å². The van der Waals surface area contributed by atoms with Gasteiger partial charge in [-0.25, -0.2) is 4.79 Å². The van der Waals surface area contributed by atoms with E-state index in [9.17, 15) is 19.2 Å². The average molecular weight is 318 g/mol. The van der Waals surface area contributed by atoms with Crippen LogP contribution in [0.3, 0.4) is 0 Å². The van der Waals surface area contributed by atoms with Crippen LogP contribution in [0.1, 0.15) is 40.1 Å². The molecule has 1 aliphatic rings. The molecule has 0 bridgehead atoms. The van der Waals surface area contributed by atoms with Gasteiger partial charge < -0.3 is 10.4 Å². The normalized spacial score (nSPS) is 14.9. The van der Waals surface area contributed by atoms with Crippen molar-refractivity contribution in [3.05, 3.63) is 34.9 Å². The molecule has 0 saturated heterocycles. The number of carbonyl (C=O) groups excluding carboxylic acids is 3. The number of imide groups is 1. The molecule has 1 atom stereocenters. The second kappa shape index (κ2) is 6.20. The SMILES string of the molecule is Cc1ccc2c(c1)C(=O)N(CC(=O)N[C@@H](C(=O)O)C(C)C)C2=O. The van der Waals surface area contributed by atoms with Crippen LogP contribution in [0, 0.1) is 12.8 Å². The molecule has 7 heteroatoms. The lowest BCUT2D eigenvalue weighted by Gasteiger charge is -2.20. The molecule has 1 heterocycles. The lowest BCUT2D eigenvalue weighted by molar-refractivity contribution is -0.143. The minimum atomic E-state index is -1.16. The first-order valence-electron chi connectivity index (χ1n) is 7.21. The number of carbonyl (C=O) groups is 4. The fourth-order valence-electron chi connectivity index (χ4n) is 2.42. The molecule has 23 heavy (non-hydrogen) atoms. The summed E-state index contributed by atoms with van der Waals surface area (Å²) in [6.45, 7) is 4.61. The number of nitrogens with one attached hydrogen (secondary N) is 1. The molecule has 0 radical (unpaired) electrons. The van der Waals surface area contributed by atoms with E-state index in [4.69, 9.17) is 5.11 Å². The Kier molecular flexibility index (Phi) is 4.49. The third-order valence-electron chi connectivity index (χ3n) is 3.68. The summed E-state index contributed by atoms with van der Waals surface area (Å²) < 4.78 is 0. The molecule has 2 N–H and O–H groups in total. The Labute approximate surface area is 133 Å². The molecular formula is C16H18N2O5. The summed E-state index contributed by atoms with van der Waals surface area (Å²) in [5.74, 6) is -3.25. The van der Waals surface area contributed by atoms with Crippen molar-refractivity contribution in [3.63, 3.8) is 0 Å². The molecule has 1 aromatic rings. The van der Waals surface area contributed by atoms with E-state index in [1.807, 2.05) is 0 Å². The first-order chi connectivity index (χ1) is 10.7. The lowest BCUT2D eigenvalue weighted by atomic mass is 10.0. The van der Waals surface area contributed by atoms with Crippen LogP contribution in [0.25, 0.3) is 0 Å². The number of hydrogen-bond donors (Lipinski definition) is 2. The van der Waals surface area contributed by atoms with Crippen molar-refractivity contribution in [1.82, 2.24) is 10.2 Å². The number of aryl methyl sites for hydroxylation is 1. The maximum Gasteiger partial charge on any atom is 0.326 e. The van der Waals surface area contributed by atoms with Crippen molar-refractivity contribution in [2.75, 3.05) is 6.54 Å². The van der Waals surface area contributed by atoms with Crippen LogP contribution in [-0.2, 0) is 9.59 Å². The van der Waals surface area contributed by atoms with E-state index in [2.05, 4.69) is 5.32 Å². The number of aliphatic carboxylic acids is 1. The van der Waals surface area contributed by atoms with Crippen LogP contribution in [0.2, 0.25) is 0 Å². The molecule has 3 amide bonds. The Hall–Kier alpha value is -2.70. The van der Waals surface area contributed by atoms with E-state index < -0.39 is 36.3 Å². The minimum Gasteiger partial charge on any atom is -0.480 e. The van der Waals surface area contributed by atoms with Gasteiger partial charge in [-0.05, 0) is 25.0 Å². The first kappa shape index (κ1) is 16.7. The lowest BCUT2D eigenvalue weighted by Crippen LogP contribution is -2.49. The van der Waals surface area contributed by atoms with Crippen LogP contribution in [0.4, 0.5) is 0 Å². The molecular weight excluding hydrogens is 300 g/mol. The zero-order valence-corrected chi connectivity index (χ0v) is 13.1. The highest BCUT2D eigenvalue weighted by atomic mass is 16.4. The summed E-state index contributed by atoms with van der Waals surface area (Å²) in [4.78, 5) is 48.4. The second-order valence-corrected chi connectivity index (χ2v) is 5.87. The van der Waals surface area contributed by atoms with Crippen LogP contribution >= 0.6 is 0 Å². The van der Waals surface area contributed by atoms with Gasteiger partial charge in [-0.15, -0.1) is 0 Å². The Bertz CT molecular complexity index is 696. The Morgan fingerprint density at radius 2 is 1.78 bits per heavy atom. The van der Waals surface area contributed by atoms with Gasteiger partial charge in [0.05, 0.1) is 11.1 Å². The second-order valence-electron chi connectivity index (χ2n) is 5.87. The third kappa shape index (κ3) is 3.23. The Morgan fingerprint density at radius 1 is 1.17 bits per heavy atom. The van der Waals surface area contributed by atoms with Crippen molar-refractivity contribution in [3.8, 4) is 0 Å². The number of carboxylic acid groups (broad SMARTS) is 1. The summed E-state index contributed by atoms with van der Waals surface area (Å²) >= 11 is 0. The van der Waals surface area contributed by atoms with Gasteiger partial charge in [0.25, 0.3) is 11.8 Å². The first-order valence-corrected chi connectivity index (χ1v) is 7.21. The van der Waals surface area contributed by atoms with Gasteiger partial charge in [0.15, 0.2) is 0 Å². The van der Waals surface area contributed by atoms with E-state index in [0.29, 0.717) is 0 Å². The molecule has 122 valence electrons. The minimum absolute atomic E-state index is 0.257. The van der Waals surface area contributed by atoms with E-state index >= 15 is 0 Å². The van der Waals surface area contributed by atoms with Crippen LogP contribution in [-0.4, -0.2) is 46.3 Å². The van der Waals surface area contributed by atoms with Crippen molar-refractivity contribution in [2.45, 2.75) is 26.8 Å². The summed E-state index contributed by atoms with van der Waals surface area (Å²) in [6.07, 6.45) is 0. The van der Waals surface area contributed by atoms with E-state index in [1.165, 1.54) is 0 Å². The van der Waals surface area contributed by atoms with Crippen LogP contribution in [0.15, 0.2) is 18.2 Å². The highest BCUT2D eigenvalue weighted by Gasteiger charge is 2.37. The zero-order valence-electron chi connectivity index (χ0n) is 13.1. The van der Waals surface area contributed by atoms with Gasteiger partial charge in [-0.2, -0.15) is 0 Å². The molecule has 0 spiro atoms. The number of fused-ring (bicyclic) bond motifs is 1. The summed E-state index contributed by atoms with van der Waals surface area (Å²) in [7, 11) is 0. The number of rotatable bonds is 5. The highest BCUT2D eigenvalue weighted by molar-refractivity contribution is 6.22. The molecule has 0 aromatic heterocycles. The highest BCUT2D eigenvalue weighted by Crippen LogP contribution is 2.23. The molecule has 2 rings (SSSR count).